The Morgan fingerprint density at radius 3 is 2.26 bits per heavy atom. The highest BCUT2D eigenvalue weighted by molar-refractivity contribution is 5.80. The van der Waals surface area contributed by atoms with E-state index in [2.05, 4.69) is 54.9 Å². The molecule has 3 heterocycles. The third-order valence-electron chi connectivity index (χ3n) is 4.79. The predicted molar refractivity (Wildman–Crippen MR) is 108 cm³/mol. The lowest BCUT2D eigenvalue weighted by molar-refractivity contribution is -0.00571. The second-order valence-corrected chi connectivity index (χ2v) is 7.20. The first-order chi connectivity index (χ1) is 13.1. The Kier molecular flexibility index (Phi) is 4.86. The van der Waals surface area contributed by atoms with Crippen LogP contribution in [0.1, 0.15) is 19.4 Å². The minimum Gasteiger partial charge on any atom is -0.372 e. The highest BCUT2D eigenvalue weighted by Gasteiger charge is 2.25. The molecular formula is C22H24N4O. The Morgan fingerprint density at radius 1 is 0.926 bits per heavy atom. The van der Waals surface area contributed by atoms with Crippen molar-refractivity contribution in [3.8, 4) is 22.4 Å². The van der Waals surface area contributed by atoms with Gasteiger partial charge in [0.25, 0.3) is 0 Å². The standard InChI is InChI=1S/C22H24N4O/c1-15-4-6-19(7-5-15)21-20(18-8-10-23-11-9-18)12-24-22(25-21)26-13-16(2)27-17(3)14-26/h4-12,16-17H,13-14H2,1-3H3/t16-,17+. The molecule has 1 fully saturated rings. The number of aromatic nitrogens is 3. The summed E-state index contributed by atoms with van der Waals surface area (Å²) in [5, 5.41) is 0. The van der Waals surface area contributed by atoms with E-state index in [4.69, 9.17) is 14.7 Å². The number of pyridine rings is 1. The Labute approximate surface area is 160 Å². The van der Waals surface area contributed by atoms with Crippen LogP contribution in [-0.2, 0) is 4.74 Å². The van der Waals surface area contributed by atoms with E-state index in [1.807, 2.05) is 18.3 Å². The molecule has 1 aliphatic rings. The van der Waals surface area contributed by atoms with Crippen LogP contribution in [0.5, 0.6) is 0 Å². The summed E-state index contributed by atoms with van der Waals surface area (Å²) < 4.78 is 5.85. The molecule has 4 rings (SSSR count). The summed E-state index contributed by atoms with van der Waals surface area (Å²) in [5.41, 5.74) is 5.34. The van der Waals surface area contributed by atoms with Crippen molar-refractivity contribution in [1.29, 1.82) is 0 Å². The van der Waals surface area contributed by atoms with E-state index in [-0.39, 0.29) is 12.2 Å². The van der Waals surface area contributed by atoms with Crippen LogP contribution in [0.25, 0.3) is 22.4 Å². The molecular weight excluding hydrogens is 336 g/mol. The molecule has 0 amide bonds. The number of benzene rings is 1. The van der Waals surface area contributed by atoms with Crippen LogP contribution in [0, 0.1) is 6.92 Å². The maximum absolute atomic E-state index is 5.85. The van der Waals surface area contributed by atoms with Crippen LogP contribution < -0.4 is 4.90 Å². The van der Waals surface area contributed by atoms with Crippen molar-refractivity contribution < 1.29 is 4.74 Å². The van der Waals surface area contributed by atoms with Crippen molar-refractivity contribution in [2.75, 3.05) is 18.0 Å². The Bertz CT molecular complexity index is 901. The fourth-order valence-electron chi connectivity index (χ4n) is 3.54. The van der Waals surface area contributed by atoms with Crippen LogP contribution >= 0.6 is 0 Å². The van der Waals surface area contributed by atoms with Gasteiger partial charge in [0.05, 0.1) is 17.9 Å². The number of rotatable bonds is 3. The average molecular weight is 360 g/mol. The molecule has 2 aromatic heterocycles. The lowest BCUT2D eigenvalue weighted by Gasteiger charge is -2.35. The molecule has 5 nitrogen and oxygen atoms in total. The quantitative estimate of drug-likeness (QED) is 0.703. The smallest absolute Gasteiger partial charge is 0.226 e. The van der Waals surface area contributed by atoms with Gasteiger partial charge in [-0.15, -0.1) is 0 Å². The first-order valence-corrected chi connectivity index (χ1v) is 9.35. The highest BCUT2D eigenvalue weighted by atomic mass is 16.5. The zero-order valence-electron chi connectivity index (χ0n) is 16.0. The summed E-state index contributed by atoms with van der Waals surface area (Å²) in [4.78, 5) is 16.0. The lowest BCUT2D eigenvalue weighted by Crippen LogP contribution is -2.46. The molecule has 5 heteroatoms. The lowest BCUT2D eigenvalue weighted by atomic mass is 10.0. The highest BCUT2D eigenvalue weighted by Crippen LogP contribution is 2.31. The maximum Gasteiger partial charge on any atom is 0.226 e. The molecule has 138 valence electrons. The van der Waals surface area contributed by atoms with E-state index in [9.17, 15) is 0 Å². The topological polar surface area (TPSA) is 51.1 Å². The molecule has 27 heavy (non-hydrogen) atoms. The normalized spacial score (nSPS) is 19.9. The van der Waals surface area contributed by atoms with Gasteiger partial charge in [0.2, 0.25) is 5.95 Å². The summed E-state index contributed by atoms with van der Waals surface area (Å²) in [6, 6.07) is 12.5. The Morgan fingerprint density at radius 2 is 1.59 bits per heavy atom. The monoisotopic (exact) mass is 360 g/mol. The van der Waals surface area contributed by atoms with E-state index in [0.717, 1.165) is 41.4 Å². The molecule has 0 N–H and O–H groups in total. The molecule has 1 aromatic carbocycles. The maximum atomic E-state index is 5.85. The van der Waals surface area contributed by atoms with Gasteiger partial charge < -0.3 is 9.64 Å². The van der Waals surface area contributed by atoms with Crippen LogP contribution in [0.2, 0.25) is 0 Å². The molecule has 0 saturated carbocycles. The van der Waals surface area contributed by atoms with E-state index in [0.29, 0.717) is 0 Å². The van der Waals surface area contributed by atoms with Gasteiger partial charge in [-0.1, -0.05) is 29.8 Å². The van der Waals surface area contributed by atoms with Gasteiger partial charge in [-0.25, -0.2) is 9.97 Å². The average Bonchev–Trinajstić information content (AvgIpc) is 2.68. The van der Waals surface area contributed by atoms with Gasteiger partial charge in [-0.05, 0) is 38.5 Å². The molecule has 2 atom stereocenters. The third kappa shape index (κ3) is 3.83. The number of anilines is 1. The zero-order chi connectivity index (χ0) is 18.8. The van der Waals surface area contributed by atoms with Gasteiger partial charge in [0, 0.05) is 42.8 Å². The molecule has 0 radical (unpaired) electrons. The minimum absolute atomic E-state index is 0.167. The Balaban J connectivity index is 1.80. The van der Waals surface area contributed by atoms with E-state index >= 15 is 0 Å². The van der Waals surface area contributed by atoms with Crippen molar-refractivity contribution >= 4 is 5.95 Å². The largest absolute Gasteiger partial charge is 0.372 e. The number of hydrogen-bond acceptors (Lipinski definition) is 5. The second kappa shape index (κ2) is 7.45. The summed E-state index contributed by atoms with van der Waals surface area (Å²) in [6.45, 7) is 7.87. The molecule has 0 unspecified atom stereocenters. The van der Waals surface area contributed by atoms with Crippen molar-refractivity contribution in [2.24, 2.45) is 0 Å². The summed E-state index contributed by atoms with van der Waals surface area (Å²) in [6.07, 6.45) is 5.86. The number of ether oxygens (including phenoxy) is 1. The molecule has 1 aliphatic heterocycles. The minimum atomic E-state index is 0.167. The van der Waals surface area contributed by atoms with Crippen molar-refractivity contribution in [1.82, 2.24) is 15.0 Å². The van der Waals surface area contributed by atoms with Crippen LogP contribution in [0.3, 0.4) is 0 Å². The van der Waals surface area contributed by atoms with Crippen molar-refractivity contribution in [3.63, 3.8) is 0 Å². The van der Waals surface area contributed by atoms with E-state index < -0.39 is 0 Å². The summed E-state index contributed by atoms with van der Waals surface area (Å²) >= 11 is 0. The Hall–Kier alpha value is -2.79. The molecule has 0 aliphatic carbocycles. The van der Waals surface area contributed by atoms with Crippen molar-refractivity contribution in [2.45, 2.75) is 33.0 Å². The van der Waals surface area contributed by atoms with Gasteiger partial charge in [0.1, 0.15) is 0 Å². The van der Waals surface area contributed by atoms with Gasteiger partial charge >= 0.3 is 0 Å². The number of aryl methyl sites for hydroxylation is 1. The zero-order valence-corrected chi connectivity index (χ0v) is 16.0. The molecule has 0 spiro atoms. The van der Waals surface area contributed by atoms with Crippen LogP contribution in [0.15, 0.2) is 55.0 Å². The summed E-state index contributed by atoms with van der Waals surface area (Å²) in [7, 11) is 0. The third-order valence-corrected chi connectivity index (χ3v) is 4.79. The molecule has 1 saturated heterocycles. The van der Waals surface area contributed by atoms with Crippen LogP contribution in [0.4, 0.5) is 5.95 Å². The SMILES string of the molecule is Cc1ccc(-c2nc(N3C[C@@H](C)O[C@@H](C)C3)ncc2-c2ccncc2)cc1. The molecule has 3 aromatic rings. The first kappa shape index (κ1) is 17.6. The van der Waals surface area contributed by atoms with Gasteiger partial charge in [-0.3, -0.25) is 4.98 Å². The predicted octanol–water partition coefficient (Wildman–Crippen LogP) is 4.13. The van der Waals surface area contributed by atoms with E-state index in [1.165, 1.54) is 5.56 Å². The summed E-state index contributed by atoms with van der Waals surface area (Å²) in [5.74, 6) is 0.755. The van der Waals surface area contributed by atoms with Crippen molar-refractivity contribution in [3.05, 3.63) is 60.6 Å². The number of morpholine rings is 1. The fraction of sp³-hybridized carbons (Fsp3) is 0.318. The first-order valence-electron chi connectivity index (χ1n) is 9.35. The second-order valence-electron chi connectivity index (χ2n) is 7.20. The van der Waals surface area contributed by atoms with Crippen LogP contribution in [-0.4, -0.2) is 40.2 Å². The van der Waals surface area contributed by atoms with Gasteiger partial charge in [0.15, 0.2) is 0 Å². The number of hydrogen-bond donors (Lipinski definition) is 0. The molecule has 0 bridgehead atoms. The number of nitrogens with zero attached hydrogens (tertiary/aromatic N) is 4. The van der Waals surface area contributed by atoms with E-state index in [1.54, 1.807) is 12.4 Å². The van der Waals surface area contributed by atoms with Gasteiger partial charge in [-0.2, -0.15) is 0 Å². The fourth-order valence-corrected chi connectivity index (χ4v) is 3.54.